The fourth-order valence-corrected chi connectivity index (χ4v) is 5.18. The standard InChI is InChI=1S/C22H14N2O2S2/c25-21-14-8-4-5-9-15(14)22(26)18-16(21)12-17(19-20(18)24-28-23-19)27-11-10-13-6-2-1-3-7-13/h1-9,12H,10-11H2. The number of benzene rings is 3. The molecule has 28 heavy (non-hydrogen) atoms. The number of fused-ring (bicyclic) bond motifs is 4. The number of nitrogens with zero attached hydrogens (tertiary/aromatic N) is 2. The van der Waals surface area contributed by atoms with Crippen LogP contribution in [0.4, 0.5) is 0 Å². The van der Waals surface area contributed by atoms with E-state index in [1.807, 2.05) is 24.3 Å². The highest BCUT2D eigenvalue weighted by Gasteiger charge is 2.33. The van der Waals surface area contributed by atoms with Gasteiger partial charge < -0.3 is 0 Å². The molecule has 0 saturated carbocycles. The zero-order valence-electron chi connectivity index (χ0n) is 14.7. The van der Waals surface area contributed by atoms with Gasteiger partial charge in [-0.15, -0.1) is 11.8 Å². The Morgan fingerprint density at radius 2 is 1.46 bits per heavy atom. The largest absolute Gasteiger partial charge is 0.289 e. The minimum absolute atomic E-state index is 0.120. The first-order valence-electron chi connectivity index (χ1n) is 8.88. The summed E-state index contributed by atoms with van der Waals surface area (Å²) in [5.41, 5.74) is 4.24. The number of aryl methyl sites for hydroxylation is 1. The lowest BCUT2D eigenvalue weighted by molar-refractivity contribution is 0.0980. The van der Waals surface area contributed by atoms with E-state index in [1.54, 1.807) is 36.0 Å². The van der Waals surface area contributed by atoms with E-state index in [4.69, 9.17) is 0 Å². The summed E-state index contributed by atoms with van der Waals surface area (Å²) >= 11 is 2.72. The quantitative estimate of drug-likeness (QED) is 0.404. The number of hydrogen-bond acceptors (Lipinski definition) is 6. The van der Waals surface area contributed by atoms with Crippen molar-refractivity contribution in [2.75, 3.05) is 5.75 Å². The number of thioether (sulfide) groups is 1. The molecule has 0 bridgehead atoms. The highest BCUT2D eigenvalue weighted by molar-refractivity contribution is 7.99. The summed E-state index contributed by atoms with van der Waals surface area (Å²) in [6.45, 7) is 0. The third kappa shape index (κ3) is 2.77. The van der Waals surface area contributed by atoms with Gasteiger partial charge in [0.2, 0.25) is 0 Å². The first-order chi connectivity index (χ1) is 13.7. The smallest absolute Gasteiger partial charge is 0.196 e. The van der Waals surface area contributed by atoms with Crippen LogP contribution in [-0.2, 0) is 6.42 Å². The van der Waals surface area contributed by atoms with Gasteiger partial charge in [0.25, 0.3) is 0 Å². The number of carbonyl (C=O) groups excluding carboxylic acids is 2. The molecule has 4 nitrogen and oxygen atoms in total. The van der Waals surface area contributed by atoms with Gasteiger partial charge in [-0.1, -0.05) is 54.6 Å². The summed E-state index contributed by atoms with van der Waals surface area (Å²) < 4.78 is 8.77. The van der Waals surface area contributed by atoms with Crippen molar-refractivity contribution in [2.45, 2.75) is 11.3 Å². The van der Waals surface area contributed by atoms with Crippen LogP contribution >= 0.6 is 23.5 Å². The highest BCUT2D eigenvalue weighted by Crippen LogP contribution is 2.37. The summed E-state index contributed by atoms with van der Waals surface area (Å²) in [6.07, 6.45) is 0.914. The van der Waals surface area contributed by atoms with Gasteiger partial charge in [0, 0.05) is 27.3 Å². The van der Waals surface area contributed by atoms with Crippen molar-refractivity contribution in [2.24, 2.45) is 0 Å². The molecule has 6 heteroatoms. The molecule has 4 aromatic rings. The summed E-state index contributed by atoms with van der Waals surface area (Å²) in [7, 11) is 0. The molecular formula is C22H14N2O2S2. The average molecular weight is 402 g/mol. The second-order valence-electron chi connectivity index (χ2n) is 6.55. The van der Waals surface area contributed by atoms with Crippen molar-refractivity contribution in [1.29, 1.82) is 0 Å². The highest BCUT2D eigenvalue weighted by atomic mass is 32.2. The summed E-state index contributed by atoms with van der Waals surface area (Å²) in [5, 5.41) is 0. The first-order valence-corrected chi connectivity index (χ1v) is 10.6. The van der Waals surface area contributed by atoms with Crippen molar-refractivity contribution in [1.82, 2.24) is 8.75 Å². The van der Waals surface area contributed by atoms with Crippen LogP contribution in [0.25, 0.3) is 11.0 Å². The molecule has 136 valence electrons. The molecule has 0 N–H and O–H groups in total. The Morgan fingerprint density at radius 1 is 0.786 bits per heavy atom. The minimum Gasteiger partial charge on any atom is -0.289 e. The Hall–Kier alpha value is -2.83. The summed E-state index contributed by atoms with van der Waals surface area (Å²) in [4.78, 5) is 27.0. The fraction of sp³-hybridized carbons (Fsp3) is 0.0909. The maximum Gasteiger partial charge on any atom is 0.196 e. The summed E-state index contributed by atoms with van der Waals surface area (Å²) in [5.74, 6) is 0.586. The maximum absolute atomic E-state index is 13.1. The van der Waals surface area contributed by atoms with Crippen molar-refractivity contribution in [3.05, 3.63) is 88.5 Å². The third-order valence-electron chi connectivity index (χ3n) is 4.88. The molecule has 0 spiro atoms. The molecule has 1 aliphatic carbocycles. The molecule has 0 saturated heterocycles. The Kier molecular flexibility index (Phi) is 4.30. The molecule has 1 heterocycles. The van der Waals surface area contributed by atoms with Gasteiger partial charge >= 0.3 is 0 Å². The van der Waals surface area contributed by atoms with Gasteiger partial charge in [-0.2, -0.15) is 8.75 Å². The van der Waals surface area contributed by atoms with Crippen LogP contribution in [-0.4, -0.2) is 26.1 Å². The van der Waals surface area contributed by atoms with Crippen LogP contribution in [0.2, 0.25) is 0 Å². The second-order valence-corrected chi connectivity index (χ2v) is 8.21. The zero-order chi connectivity index (χ0) is 19.1. The van der Waals surface area contributed by atoms with Gasteiger partial charge in [-0.25, -0.2) is 0 Å². The number of rotatable bonds is 4. The predicted molar refractivity (Wildman–Crippen MR) is 112 cm³/mol. The Bertz CT molecular complexity index is 1230. The van der Waals surface area contributed by atoms with Gasteiger partial charge in [0.05, 0.1) is 17.3 Å². The lowest BCUT2D eigenvalue weighted by Gasteiger charge is -2.18. The van der Waals surface area contributed by atoms with E-state index in [0.717, 1.165) is 28.8 Å². The van der Waals surface area contributed by atoms with Crippen LogP contribution in [0, 0.1) is 0 Å². The van der Waals surface area contributed by atoms with Crippen LogP contribution in [0.3, 0.4) is 0 Å². The van der Waals surface area contributed by atoms with Gasteiger partial charge in [0.1, 0.15) is 11.0 Å². The number of ketones is 2. The van der Waals surface area contributed by atoms with Gasteiger partial charge in [-0.05, 0) is 18.1 Å². The second kappa shape index (κ2) is 6.96. The Balaban J connectivity index is 1.55. The first kappa shape index (κ1) is 17.3. The van der Waals surface area contributed by atoms with E-state index < -0.39 is 0 Å². The Morgan fingerprint density at radius 3 is 2.25 bits per heavy atom. The topological polar surface area (TPSA) is 59.9 Å². The Labute approximate surface area is 169 Å². The lowest BCUT2D eigenvalue weighted by Crippen LogP contribution is -2.21. The fourth-order valence-electron chi connectivity index (χ4n) is 3.51. The molecule has 0 atom stereocenters. The van der Waals surface area contributed by atoms with E-state index in [9.17, 15) is 9.59 Å². The van der Waals surface area contributed by atoms with Crippen molar-refractivity contribution >= 4 is 46.1 Å². The molecule has 0 radical (unpaired) electrons. The molecule has 0 fully saturated rings. The number of aromatic nitrogens is 2. The minimum atomic E-state index is -0.149. The van der Waals surface area contributed by atoms with Crippen LogP contribution in [0.15, 0.2) is 65.6 Å². The molecule has 0 aliphatic heterocycles. The molecule has 1 aromatic heterocycles. The monoisotopic (exact) mass is 402 g/mol. The summed E-state index contributed by atoms with van der Waals surface area (Å²) in [6, 6.07) is 19.1. The van der Waals surface area contributed by atoms with Crippen LogP contribution in [0.5, 0.6) is 0 Å². The predicted octanol–water partition coefficient (Wildman–Crippen LogP) is 4.80. The van der Waals surface area contributed by atoms with E-state index in [2.05, 4.69) is 20.9 Å². The van der Waals surface area contributed by atoms with Gasteiger partial charge in [0.15, 0.2) is 11.6 Å². The maximum atomic E-state index is 13.1. The molecule has 3 aromatic carbocycles. The molecule has 5 rings (SSSR count). The van der Waals surface area contributed by atoms with E-state index in [-0.39, 0.29) is 11.6 Å². The third-order valence-corrected chi connectivity index (χ3v) is 6.44. The molecule has 0 amide bonds. The molecular weight excluding hydrogens is 388 g/mol. The van der Waals surface area contributed by atoms with Crippen molar-refractivity contribution in [3.63, 3.8) is 0 Å². The normalized spacial score (nSPS) is 12.9. The van der Waals surface area contributed by atoms with Crippen LogP contribution in [0.1, 0.15) is 37.4 Å². The van der Waals surface area contributed by atoms with E-state index >= 15 is 0 Å². The molecule has 0 unspecified atom stereocenters. The van der Waals surface area contributed by atoms with Crippen LogP contribution < -0.4 is 0 Å². The van der Waals surface area contributed by atoms with E-state index in [1.165, 1.54) is 5.56 Å². The average Bonchev–Trinajstić information content (AvgIpc) is 3.22. The number of carbonyl (C=O) groups is 2. The lowest BCUT2D eigenvalue weighted by atomic mass is 9.83. The molecule has 1 aliphatic rings. The zero-order valence-corrected chi connectivity index (χ0v) is 16.3. The van der Waals surface area contributed by atoms with Gasteiger partial charge in [-0.3, -0.25) is 9.59 Å². The van der Waals surface area contributed by atoms with Crippen molar-refractivity contribution in [3.8, 4) is 0 Å². The van der Waals surface area contributed by atoms with E-state index in [0.29, 0.717) is 33.3 Å². The van der Waals surface area contributed by atoms with Crippen molar-refractivity contribution < 1.29 is 9.59 Å². The number of hydrogen-bond donors (Lipinski definition) is 0. The SMILES string of the molecule is O=C1c2ccccc2C(=O)c2c1cc(SCCc1ccccc1)c1nsnc21.